The monoisotopic (exact) mass is 706 g/mol. The Labute approximate surface area is 288 Å². The number of allylic oxidation sites excluding steroid dienone is 8. The molecule has 0 spiro atoms. The number of hydrogen-bond donors (Lipinski definition) is 0. The zero-order valence-corrected chi connectivity index (χ0v) is 30.8. The highest BCUT2D eigenvalue weighted by molar-refractivity contribution is 8.30. The van der Waals surface area contributed by atoms with Crippen LogP contribution in [0.1, 0.15) is 40.5 Å². The molecule has 43 heavy (non-hydrogen) atoms. The van der Waals surface area contributed by atoms with Crippen LogP contribution in [0.15, 0.2) is 116 Å². The second-order valence-electron chi connectivity index (χ2n) is 13.7. The van der Waals surface area contributed by atoms with Crippen molar-refractivity contribution in [1.29, 1.82) is 0 Å². The maximum absolute atomic E-state index is 2.53. The lowest BCUT2D eigenvalue weighted by Gasteiger charge is -2.47. The van der Waals surface area contributed by atoms with Gasteiger partial charge in [-0.3, -0.25) is 0 Å². The summed E-state index contributed by atoms with van der Waals surface area (Å²) < 4.78 is 2.94. The van der Waals surface area contributed by atoms with E-state index >= 15 is 0 Å². The van der Waals surface area contributed by atoms with Crippen molar-refractivity contribution >= 4 is 94.1 Å². The molecule has 0 nitrogen and oxygen atoms in total. The van der Waals surface area contributed by atoms with Crippen LogP contribution >= 0.6 is 94.1 Å². The molecule has 4 heterocycles. The third-order valence-electron chi connectivity index (χ3n) is 10.1. The van der Waals surface area contributed by atoms with Gasteiger partial charge in [-0.2, -0.15) is 0 Å². The number of benzene rings is 2. The van der Waals surface area contributed by atoms with Crippen LogP contribution < -0.4 is 0 Å². The number of rotatable bonds is 1. The van der Waals surface area contributed by atoms with Crippen LogP contribution in [0.3, 0.4) is 0 Å². The van der Waals surface area contributed by atoms with Crippen LogP contribution in [0.2, 0.25) is 0 Å². The van der Waals surface area contributed by atoms with Gasteiger partial charge in [-0.1, -0.05) is 146 Å². The number of fused-ring (bicyclic) bond motifs is 6. The predicted molar refractivity (Wildman–Crippen MR) is 194 cm³/mol. The van der Waals surface area contributed by atoms with Gasteiger partial charge in [-0.25, -0.2) is 0 Å². The average molecular weight is 707 g/mol. The summed E-state index contributed by atoms with van der Waals surface area (Å²) in [6.07, 6.45) is 12.6. The first-order valence-corrected chi connectivity index (χ1v) is 21.7. The molecule has 0 amide bonds. The van der Waals surface area contributed by atoms with E-state index in [4.69, 9.17) is 0 Å². The molecule has 0 radical (unpaired) electrons. The van der Waals surface area contributed by atoms with E-state index in [1.807, 2.05) is 47.0 Å². The summed E-state index contributed by atoms with van der Waals surface area (Å²) in [6, 6.07) is 10.0. The average Bonchev–Trinajstić information content (AvgIpc) is 3.60. The molecule has 5 unspecified atom stereocenters. The Bertz CT molecular complexity index is 1820. The molecule has 0 aromatic heterocycles. The maximum atomic E-state index is 2.53. The Morgan fingerprint density at radius 1 is 0.558 bits per heavy atom. The van der Waals surface area contributed by atoms with E-state index in [-0.39, 0.29) is 0 Å². The van der Waals surface area contributed by atoms with E-state index in [2.05, 4.69) is 123 Å². The summed E-state index contributed by atoms with van der Waals surface area (Å²) in [5.74, 6) is 3.94. The van der Waals surface area contributed by atoms with E-state index in [0.717, 1.165) is 11.8 Å². The highest BCUT2D eigenvalue weighted by Gasteiger charge is 2.46. The minimum Gasteiger partial charge on any atom is -0.0918 e. The SMILES string of the molecule is CC(C)C1CC2C=CC1C1=C2Sc2cc3c(cc2S1)S/C(=C1\Sc2cc4c(cc2S1)SC1=C(S4)C2C=CC1C(C)(C)C2)S3. The van der Waals surface area contributed by atoms with Crippen molar-refractivity contribution in [3.05, 3.63) is 76.7 Å². The van der Waals surface area contributed by atoms with Crippen molar-refractivity contribution in [3.63, 3.8) is 0 Å². The molecule has 10 aliphatic rings. The van der Waals surface area contributed by atoms with Gasteiger partial charge in [-0.05, 0) is 54.4 Å². The molecule has 0 fully saturated rings. The smallest absolute Gasteiger partial charge is 0.0706 e. The van der Waals surface area contributed by atoms with Crippen LogP contribution in [0.4, 0.5) is 0 Å². The van der Waals surface area contributed by atoms with Crippen molar-refractivity contribution in [2.45, 2.75) is 79.7 Å². The van der Waals surface area contributed by atoms with Gasteiger partial charge >= 0.3 is 0 Å². The summed E-state index contributed by atoms with van der Waals surface area (Å²) in [7, 11) is 0. The fourth-order valence-electron chi connectivity index (χ4n) is 7.90. The zero-order valence-electron chi connectivity index (χ0n) is 24.3. The van der Waals surface area contributed by atoms with Gasteiger partial charge in [-0.15, -0.1) is 0 Å². The quantitative estimate of drug-likeness (QED) is 0.265. The Hall–Kier alpha value is -0.0600. The lowest BCUT2D eigenvalue weighted by molar-refractivity contribution is 0.223. The third kappa shape index (κ3) is 4.29. The van der Waals surface area contributed by atoms with E-state index < -0.39 is 0 Å². The van der Waals surface area contributed by atoms with Crippen LogP contribution in [0.25, 0.3) is 0 Å². The van der Waals surface area contributed by atoms with Crippen LogP contribution in [0, 0.1) is 40.9 Å². The van der Waals surface area contributed by atoms with Crippen LogP contribution in [-0.4, -0.2) is 0 Å². The number of thioether (sulfide) groups is 8. The fourth-order valence-corrected chi connectivity index (χ4v) is 19.4. The van der Waals surface area contributed by atoms with Crippen molar-refractivity contribution in [2.75, 3.05) is 0 Å². The van der Waals surface area contributed by atoms with E-state index in [1.54, 1.807) is 19.6 Å². The first kappa shape index (κ1) is 28.0. The molecular weight excluding hydrogens is 677 g/mol. The molecule has 0 saturated carbocycles. The molecule has 4 aliphatic heterocycles. The normalized spacial score (nSPS) is 33.6. The van der Waals surface area contributed by atoms with Crippen molar-refractivity contribution < 1.29 is 0 Å². The molecule has 0 N–H and O–H groups in total. The van der Waals surface area contributed by atoms with Gasteiger partial charge < -0.3 is 0 Å². The van der Waals surface area contributed by atoms with Crippen LogP contribution in [0.5, 0.6) is 0 Å². The maximum Gasteiger partial charge on any atom is 0.0706 e. The molecule has 0 saturated heterocycles. The summed E-state index contributed by atoms with van der Waals surface area (Å²) >= 11 is 16.3. The van der Waals surface area contributed by atoms with Crippen molar-refractivity contribution in [3.8, 4) is 0 Å². The van der Waals surface area contributed by atoms with Gasteiger partial charge in [0.1, 0.15) is 0 Å². The summed E-state index contributed by atoms with van der Waals surface area (Å²) in [4.78, 5) is 18.3. The van der Waals surface area contributed by atoms with E-state index in [0.29, 0.717) is 29.1 Å². The second-order valence-corrected chi connectivity index (χ2v) is 22.7. The van der Waals surface area contributed by atoms with Crippen LogP contribution in [-0.2, 0) is 0 Å². The highest BCUT2D eigenvalue weighted by Crippen LogP contribution is 2.68. The van der Waals surface area contributed by atoms with Gasteiger partial charge in [0.25, 0.3) is 0 Å². The minimum absolute atomic E-state index is 0.368. The fraction of sp³-hybridized carbons (Fsp3) is 0.371. The molecule has 5 atom stereocenters. The van der Waals surface area contributed by atoms with E-state index in [9.17, 15) is 0 Å². The highest BCUT2D eigenvalue weighted by atomic mass is 32.2. The molecule has 8 heteroatoms. The largest absolute Gasteiger partial charge is 0.0918 e. The topological polar surface area (TPSA) is 0 Å². The number of hydrogen-bond acceptors (Lipinski definition) is 8. The second kappa shape index (κ2) is 9.98. The van der Waals surface area contributed by atoms with Crippen molar-refractivity contribution in [1.82, 2.24) is 0 Å². The van der Waals surface area contributed by atoms with Gasteiger partial charge in [0.2, 0.25) is 0 Å². The first-order valence-electron chi connectivity index (χ1n) is 15.2. The van der Waals surface area contributed by atoms with Gasteiger partial charge in [0, 0.05) is 82.5 Å². The van der Waals surface area contributed by atoms with Gasteiger partial charge in [0.05, 0.1) is 8.47 Å². The standard InChI is InChI=1S/C35H30S8/c1-15(2)19-9-16-5-7-18(19)31-29(16)36-21-10-25-27(12-23(21)38-31)42-33(40-25)34-41-26-11-22-24(13-28(26)43-34)39-32-20-8-6-17(30(32)37-22)14-35(20,3)4/h5-8,10-13,15-20H,9,14H2,1-4H3/b34-33+. The lowest BCUT2D eigenvalue weighted by atomic mass is 9.64. The lowest BCUT2D eigenvalue weighted by Crippen LogP contribution is -2.35. The molecule has 12 rings (SSSR count). The van der Waals surface area contributed by atoms with Gasteiger partial charge in [0.15, 0.2) is 0 Å². The Balaban J connectivity index is 0.910. The van der Waals surface area contributed by atoms with E-state index in [1.165, 1.54) is 60.5 Å². The van der Waals surface area contributed by atoms with Crippen molar-refractivity contribution in [2.24, 2.45) is 40.9 Å². The third-order valence-corrected chi connectivity index (χ3v) is 21.3. The minimum atomic E-state index is 0.368. The Morgan fingerprint density at radius 3 is 1.56 bits per heavy atom. The molecule has 6 aliphatic carbocycles. The molecular formula is C35H30S8. The summed E-state index contributed by atoms with van der Waals surface area (Å²) in [5, 5.41) is 0. The molecule has 218 valence electrons. The molecule has 2 aromatic carbocycles. The summed E-state index contributed by atoms with van der Waals surface area (Å²) in [6.45, 7) is 9.76. The zero-order chi connectivity index (χ0) is 28.8. The molecule has 2 aromatic rings. The predicted octanol–water partition coefficient (Wildman–Crippen LogP) is 13.4. The Morgan fingerprint density at radius 2 is 1.02 bits per heavy atom. The first-order chi connectivity index (χ1) is 20.8. The summed E-state index contributed by atoms with van der Waals surface area (Å²) in [5.41, 5.74) is 0.368. The molecule has 4 bridgehead atoms. The Kier molecular flexibility index (Phi) is 6.50.